The third-order valence-corrected chi connectivity index (χ3v) is 4.03. The lowest BCUT2D eigenvalue weighted by atomic mass is 9.78. The van der Waals surface area contributed by atoms with Crippen LogP contribution in [0.1, 0.15) is 12.8 Å². The molecule has 2 saturated carbocycles. The zero-order valence-electron chi connectivity index (χ0n) is 6.81. The van der Waals surface area contributed by atoms with Crippen molar-refractivity contribution in [3.05, 3.63) is 12.2 Å². The molecule has 0 spiro atoms. The fourth-order valence-electron chi connectivity index (χ4n) is 3.66. The molecule has 0 aliphatic heterocycles. The van der Waals surface area contributed by atoms with Crippen LogP contribution in [-0.4, -0.2) is 11.1 Å². The van der Waals surface area contributed by atoms with E-state index in [-0.39, 0.29) is 5.92 Å². The molecular weight excluding hydrogens is 152 g/mol. The summed E-state index contributed by atoms with van der Waals surface area (Å²) in [6, 6.07) is 0. The first-order chi connectivity index (χ1) is 5.79. The van der Waals surface area contributed by atoms with Crippen LogP contribution in [0.3, 0.4) is 0 Å². The molecule has 0 radical (unpaired) electrons. The summed E-state index contributed by atoms with van der Waals surface area (Å²) in [6.45, 7) is 0. The summed E-state index contributed by atoms with van der Waals surface area (Å²) in [5, 5.41) is 9.02. The summed E-state index contributed by atoms with van der Waals surface area (Å²) >= 11 is 0. The van der Waals surface area contributed by atoms with E-state index >= 15 is 0 Å². The molecule has 0 aromatic carbocycles. The van der Waals surface area contributed by atoms with Crippen molar-refractivity contribution in [2.45, 2.75) is 12.8 Å². The molecule has 0 amide bonds. The average Bonchev–Trinajstić information content (AvgIpc) is 2.66. The summed E-state index contributed by atoms with van der Waals surface area (Å²) in [7, 11) is 0. The predicted octanol–water partition coefficient (Wildman–Crippen LogP) is 1.53. The molecule has 64 valence electrons. The second-order valence-electron chi connectivity index (χ2n) is 4.31. The van der Waals surface area contributed by atoms with E-state index in [0.717, 1.165) is 6.42 Å². The Morgan fingerprint density at radius 3 is 2.33 bits per heavy atom. The van der Waals surface area contributed by atoms with Crippen LogP contribution in [0, 0.1) is 29.6 Å². The van der Waals surface area contributed by atoms with Crippen molar-refractivity contribution < 1.29 is 9.90 Å². The molecule has 0 unspecified atom stereocenters. The predicted molar refractivity (Wildman–Crippen MR) is 43.5 cm³/mol. The van der Waals surface area contributed by atoms with Gasteiger partial charge in [-0.1, -0.05) is 12.2 Å². The third kappa shape index (κ3) is 0.563. The first-order valence-corrected chi connectivity index (χ1v) is 4.70. The maximum Gasteiger partial charge on any atom is 0.307 e. The van der Waals surface area contributed by atoms with Gasteiger partial charge in [0.25, 0.3) is 0 Å². The SMILES string of the molecule is O=C(O)[C@H]1[C@@H]2C=C[C@H]3[C@@H]2CC[C@H]31. The van der Waals surface area contributed by atoms with E-state index < -0.39 is 5.97 Å². The van der Waals surface area contributed by atoms with Gasteiger partial charge in [0.05, 0.1) is 5.92 Å². The molecule has 2 heteroatoms. The van der Waals surface area contributed by atoms with Crippen LogP contribution in [0.25, 0.3) is 0 Å². The molecule has 1 N–H and O–H groups in total. The lowest BCUT2D eigenvalue weighted by molar-refractivity contribution is -0.145. The fraction of sp³-hybridized carbons (Fsp3) is 0.700. The quantitative estimate of drug-likeness (QED) is 0.597. The minimum atomic E-state index is -0.568. The average molecular weight is 164 g/mol. The van der Waals surface area contributed by atoms with Gasteiger partial charge in [0.2, 0.25) is 0 Å². The van der Waals surface area contributed by atoms with Crippen molar-refractivity contribution in [2.24, 2.45) is 29.6 Å². The number of allylic oxidation sites excluding steroid dienone is 2. The Morgan fingerprint density at radius 1 is 1.17 bits per heavy atom. The van der Waals surface area contributed by atoms with Gasteiger partial charge >= 0.3 is 5.97 Å². The van der Waals surface area contributed by atoms with Crippen molar-refractivity contribution in [1.29, 1.82) is 0 Å². The lowest BCUT2D eigenvalue weighted by Gasteiger charge is -2.25. The molecule has 0 heterocycles. The largest absolute Gasteiger partial charge is 0.481 e. The minimum absolute atomic E-state index is 0.0428. The Morgan fingerprint density at radius 2 is 1.83 bits per heavy atom. The van der Waals surface area contributed by atoms with Gasteiger partial charge in [-0.2, -0.15) is 0 Å². The standard InChI is InChI=1S/C10H12O2/c11-10(12)9-7-3-1-5-6(7)2-4-8(5)9/h1,3,5-9H,2,4H2,(H,11,12)/t5-,6-,7+,8+,9-/m0/s1. The second kappa shape index (κ2) is 1.93. The molecule has 5 atom stereocenters. The summed E-state index contributed by atoms with van der Waals surface area (Å²) < 4.78 is 0. The number of carboxylic acid groups (broad SMARTS) is 1. The number of hydrogen-bond acceptors (Lipinski definition) is 1. The van der Waals surface area contributed by atoms with Gasteiger partial charge in [0.1, 0.15) is 0 Å². The Balaban J connectivity index is 2.01. The van der Waals surface area contributed by atoms with E-state index in [1.165, 1.54) is 6.42 Å². The van der Waals surface area contributed by atoms with Crippen LogP contribution in [0.5, 0.6) is 0 Å². The summed E-state index contributed by atoms with van der Waals surface area (Å²) in [4.78, 5) is 10.9. The number of carbonyl (C=O) groups is 1. The first-order valence-electron chi connectivity index (χ1n) is 4.70. The normalized spacial score (nSPS) is 53.5. The van der Waals surface area contributed by atoms with Crippen molar-refractivity contribution in [2.75, 3.05) is 0 Å². The molecule has 3 aliphatic carbocycles. The highest BCUT2D eigenvalue weighted by Gasteiger charge is 2.57. The molecular formula is C10H12O2. The monoisotopic (exact) mass is 164 g/mol. The molecule has 0 aromatic heterocycles. The van der Waals surface area contributed by atoms with Gasteiger partial charge in [0.15, 0.2) is 0 Å². The van der Waals surface area contributed by atoms with Gasteiger partial charge in [-0.3, -0.25) is 4.79 Å². The van der Waals surface area contributed by atoms with E-state index in [2.05, 4.69) is 12.2 Å². The summed E-state index contributed by atoms with van der Waals surface area (Å²) in [5.74, 6) is 1.56. The maximum absolute atomic E-state index is 10.9. The van der Waals surface area contributed by atoms with E-state index in [1.807, 2.05) is 0 Å². The van der Waals surface area contributed by atoms with Gasteiger partial charge in [0, 0.05) is 0 Å². The van der Waals surface area contributed by atoms with E-state index in [1.54, 1.807) is 0 Å². The van der Waals surface area contributed by atoms with Crippen LogP contribution < -0.4 is 0 Å². The number of rotatable bonds is 1. The highest BCUT2D eigenvalue weighted by molar-refractivity contribution is 5.72. The minimum Gasteiger partial charge on any atom is -0.481 e. The second-order valence-corrected chi connectivity index (χ2v) is 4.31. The van der Waals surface area contributed by atoms with Gasteiger partial charge in [-0.05, 0) is 36.5 Å². The number of aliphatic carboxylic acids is 1. The first kappa shape index (κ1) is 6.70. The number of carboxylic acids is 1. The summed E-state index contributed by atoms with van der Waals surface area (Å²) in [6.07, 6.45) is 6.81. The zero-order valence-corrected chi connectivity index (χ0v) is 6.81. The van der Waals surface area contributed by atoms with Crippen LogP contribution in [0.15, 0.2) is 12.2 Å². The smallest absolute Gasteiger partial charge is 0.307 e. The molecule has 0 aromatic rings. The zero-order chi connectivity index (χ0) is 8.29. The van der Waals surface area contributed by atoms with Gasteiger partial charge < -0.3 is 5.11 Å². The Bertz CT molecular complexity index is 269. The van der Waals surface area contributed by atoms with E-state index in [4.69, 9.17) is 5.11 Å². The third-order valence-electron chi connectivity index (χ3n) is 4.03. The van der Waals surface area contributed by atoms with Crippen molar-refractivity contribution in [1.82, 2.24) is 0 Å². The topological polar surface area (TPSA) is 37.3 Å². The number of hydrogen-bond donors (Lipinski definition) is 1. The van der Waals surface area contributed by atoms with Crippen molar-refractivity contribution in [3.8, 4) is 0 Å². The van der Waals surface area contributed by atoms with Crippen LogP contribution in [0.4, 0.5) is 0 Å². The highest BCUT2D eigenvalue weighted by Crippen LogP contribution is 2.60. The summed E-state index contributed by atoms with van der Waals surface area (Å²) in [5.41, 5.74) is 0. The van der Waals surface area contributed by atoms with Crippen molar-refractivity contribution >= 4 is 5.97 Å². The highest BCUT2D eigenvalue weighted by atomic mass is 16.4. The maximum atomic E-state index is 10.9. The van der Waals surface area contributed by atoms with E-state index in [0.29, 0.717) is 23.7 Å². The Kier molecular flexibility index (Phi) is 1.07. The van der Waals surface area contributed by atoms with E-state index in [9.17, 15) is 4.79 Å². The Labute approximate surface area is 71.3 Å². The molecule has 3 rings (SSSR count). The lowest BCUT2D eigenvalue weighted by Crippen LogP contribution is -2.29. The van der Waals surface area contributed by atoms with Crippen LogP contribution in [-0.2, 0) is 4.79 Å². The van der Waals surface area contributed by atoms with Gasteiger partial charge in [-0.25, -0.2) is 0 Å². The molecule has 3 aliphatic rings. The van der Waals surface area contributed by atoms with Gasteiger partial charge in [-0.15, -0.1) is 0 Å². The fourth-order valence-corrected chi connectivity index (χ4v) is 3.66. The van der Waals surface area contributed by atoms with Crippen LogP contribution >= 0.6 is 0 Å². The molecule has 4 bridgehead atoms. The molecule has 2 fully saturated rings. The molecule has 2 nitrogen and oxygen atoms in total. The molecule has 0 saturated heterocycles. The molecule has 12 heavy (non-hydrogen) atoms. The van der Waals surface area contributed by atoms with Crippen molar-refractivity contribution in [3.63, 3.8) is 0 Å². The van der Waals surface area contributed by atoms with Crippen LogP contribution in [0.2, 0.25) is 0 Å². The Hall–Kier alpha value is -0.790.